The third kappa shape index (κ3) is 3.91. The number of piperidine rings is 1. The standard InChI is InChI=1S/C22H23NO5/c1-27-19-12-6-5-11-18(19)20(24)15-8-7-13-23(14-15)21(25)16-9-3-4-10-17(16)22(26)28-2/h3-6,9-12,15H,7-8,13-14H2,1-2H3/t15-/m1/s1. The van der Waals surface area contributed by atoms with E-state index in [-0.39, 0.29) is 23.2 Å². The monoisotopic (exact) mass is 381 g/mol. The summed E-state index contributed by atoms with van der Waals surface area (Å²) in [4.78, 5) is 39.7. The summed E-state index contributed by atoms with van der Waals surface area (Å²) < 4.78 is 10.1. The number of hydrogen-bond acceptors (Lipinski definition) is 5. The lowest BCUT2D eigenvalue weighted by atomic mass is 9.89. The summed E-state index contributed by atoms with van der Waals surface area (Å²) in [6.07, 6.45) is 1.43. The zero-order valence-corrected chi connectivity index (χ0v) is 16.0. The van der Waals surface area contributed by atoms with E-state index in [2.05, 4.69) is 0 Å². The van der Waals surface area contributed by atoms with E-state index >= 15 is 0 Å². The number of hydrogen-bond donors (Lipinski definition) is 0. The molecule has 3 rings (SSSR count). The molecule has 1 aliphatic heterocycles. The first-order valence-corrected chi connectivity index (χ1v) is 9.20. The normalized spacial score (nSPS) is 16.4. The first-order valence-electron chi connectivity index (χ1n) is 9.20. The van der Waals surface area contributed by atoms with Gasteiger partial charge in [-0.25, -0.2) is 4.79 Å². The third-order valence-corrected chi connectivity index (χ3v) is 5.01. The fourth-order valence-electron chi connectivity index (χ4n) is 3.57. The molecule has 0 spiro atoms. The largest absolute Gasteiger partial charge is 0.496 e. The molecule has 6 nitrogen and oxygen atoms in total. The summed E-state index contributed by atoms with van der Waals surface area (Å²) >= 11 is 0. The molecular formula is C22H23NO5. The first kappa shape index (κ1) is 19.6. The van der Waals surface area contributed by atoms with E-state index < -0.39 is 5.97 Å². The van der Waals surface area contributed by atoms with Gasteiger partial charge in [-0.3, -0.25) is 9.59 Å². The van der Waals surface area contributed by atoms with Crippen LogP contribution in [0.25, 0.3) is 0 Å². The van der Waals surface area contributed by atoms with Crippen molar-refractivity contribution < 1.29 is 23.9 Å². The number of carbonyl (C=O) groups is 3. The molecule has 146 valence electrons. The average Bonchev–Trinajstić information content (AvgIpc) is 2.77. The van der Waals surface area contributed by atoms with Crippen molar-refractivity contribution in [3.63, 3.8) is 0 Å². The molecule has 0 unspecified atom stereocenters. The number of likely N-dealkylation sites (tertiary alicyclic amines) is 1. The minimum Gasteiger partial charge on any atom is -0.496 e. The Hall–Kier alpha value is -3.15. The predicted octanol–water partition coefficient (Wildman–Crippen LogP) is 3.22. The number of rotatable bonds is 5. The molecule has 0 aromatic heterocycles. The second-order valence-electron chi connectivity index (χ2n) is 6.69. The molecule has 0 N–H and O–H groups in total. The van der Waals surface area contributed by atoms with Crippen molar-refractivity contribution in [2.75, 3.05) is 27.3 Å². The summed E-state index contributed by atoms with van der Waals surface area (Å²) in [7, 11) is 2.82. The lowest BCUT2D eigenvalue weighted by Gasteiger charge is -2.32. The molecule has 1 atom stereocenters. The van der Waals surface area contributed by atoms with Gasteiger partial charge in [-0.1, -0.05) is 24.3 Å². The Labute approximate surface area is 164 Å². The smallest absolute Gasteiger partial charge is 0.338 e. The van der Waals surface area contributed by atoms with Crippen molar-refractivity contribution >= 4 is 17.7 Å². The highest BCUT2D eigenvalue weighted by Gasteiger charge is 2.32. The number of Topliss-reactive ketones (excluding diaryl/α,β-unsaturated/α-hetero) is 1. The van der Waals surface area contributed by atoms with Crippen LogP contribution in [0.1, 0.15) is 43.9 Å². The number of benzene rings is 2. The molecule has 1 fully saturated rings. The van der Waals surface area contributed by atoms with Crippen molar-refractivity contribution in [3.8, 4) is 5.75 Å². The molecule has 6 heteroatoms. The fraction of sp³-hybridized carbons (Fsp3) is 0.318. The van der Waals surface area contributed by atoms with E-state index in [0.29, 0.717) is 36.4 Å². The molecule has 0 saturated carbocycles. The zero-order chi connectivity index (χ0) is 20.1. The quantitative estimate of drug-likeness (QED) is 0.587. The van der Waals surface area contributed by atoms with Gasteiger partial charge in [0.25, 0.3) is 5.91 Å². The van der Waals surface area contributed by atoms with E-state index in [1.165, 1.54) is 14.2 Å². The van der Waals surface area contributed by atoms with Crippen LogP contribution in [0.4, 0.5) is 0 Å². The number of para-hydroxylation sites is 1. The number of esters is 1. The van der Waals surface area contributed by atoms with Gasteiger partial charge in [0.05, 0.1) is 30.9 Å². The van der Waals surface area contributed by atoms with Gasteiger partial charge in [-0.05, 0) is 37.1 Å². The second kappa shape index (κ2) is 8.69. The summed E-state index contributed by atoms with van der Waals surface area (Å²) in [6, 6.07) is 13.7. The summed E-state index contributed by atoms with van der Waals surface area (Å²) in [5.41, 5.74) is 1.05. The van der Waals surface area contributed by atoms with Crippen LogP contribution in [0.2, 0.25) is 0 Å². The number of ether oxygens (including phenoxy) is 2. The second-order valence-corrected chi connectivity index (χ2v) is 6.69. The highest BCUT2D eigenvalue weighted by Crippen LogP contribution is 2.27. The average molecular weight is 381 g/mol. The molecule has 1 heterocycles. The Morgan fingerprint density at radius 2 is 1.57 bits per heavy atom. The van der Waals surface area contributed by atoms with Gasteiger partial charge in [-0.2, -0.15) is 0 Å². The maximum absolute atomic E-state index is 13.1. The number of methoxy groups -OCH3 is 2. The first-order chi connectivity index (χ1) is 13.6. The van der Waals surface area contributed by atoms with E-state index in [1.54, 1.807) is 47.4 Å². The van der Waals surface area contributed by atoms with Crippen molar-refractivity contribution in [2.24, 2.45) is 5.92 Å². The predicted molar refractivity (Wildman–Crippen MR) is 104 cm³/mol. The Morgan fingerprint density at radius 1 is 0.929 bits per heavy atom. The van der Waals surface area contributed by atoms with Gasteiger partial charge in [0.2, 0.25) is 0 Å². The molecule has 28 heavy (non-hydrogen) atoms. The van der Waals surface area contributed by atoms with Crippen LogP contribution in [-0.2, 0) is 4.74 Å². The molecular weight excluding hydrogens is 358 g/mol. The molecule has 0 radical (unpaired) electrons. The third-order valence-electron chi connectivity index (χ3n) is 5.01. The van der Waals surface area contributed by atoms with Crippen LogP contribution < -0.4 is 4.74 Å². The molecule has 1 saturated heterocycles. The lowest BCUT2D eigenvalue weighted by Crippen LogP contribution is -2.42. The topological polar surface area (TPSA) is 72.9 Å². The van der Waals surface area contributed by atoms with Crippen LogP contribution in [0.15, 0.2) is 48.5 Å². The highest BCUT2D eigenvalue weighted by molar-refractivity contribution is 6.06. The molecule has 2 aromatic carbocycles. The number of nitrogens with zero attached hydrogens (tertiary/aromatic N) is 1. The van der Waals surface area contributed by atoms with Gasteiger partial charge in [-0.15, -0.1) is 0 Å². The number of ketones is 1. The Kier molecular flexibility index (Phi) is 6.09. The highest BCUT2D eigenvalue weighted by atomic mass is 16.5. The van der Waals surface area contributed by atoms with Crippen LogP contribution in [0, 0.1) is 5.92 Å². The van der Waals surface area contributed by atoms with Crippen LogP contribution in [0.3, 0.4) is 0 Å². The molecule has 1 amide bonds. The molecule has 0 aliphatic carbocycles. The SMILES string of the molecule is COC(=O)c1ccccc1C(=O)N1CCC[C@@H](C(=O)c2ccccc2OC)C1. The fourth-order valence-corrected chi connectivity index (χ4v) is 3.57. The Morgan fingerprint density at radius 3 is 2.25 bits per heavy atom. The summed E-state index contributed by atoms with van der Waals surface area (Å²) in [5.74, 6) is -0.622. The maximum Gasteiger partial charge on any atom is 0.338 e. The molecule has 2 aromatic rings. The van der Waals surface area contributed by atoms with Gasteiger partial charge >= 0.3 is 5.97 Å². The van der Waals surface area contributed by atoms with Crippen molar-refractivity contribution in [1.82, 2.24) is 4.90 Å². The van der Waals surface area contributed by atoms with E-state index in [1.807, 2.05) is 6.07 Å². The van der Waals surface area contributed by atoms with Gasteiger partial charge in [0, 0.05) is 19.0 Å². The van der Waals surface area contributed by atoms with Gasteiger partial charge in [0.15, 0.2) is 5.78 Å². The minimum absolute atomic E-state index is 0.0313. The van der Waals surface area contributed by atoms with Gasteiger partial charge in [0.1, 0.15) is 5.75 Å². The van der Waals surface area contributed by atoms with Gasteiger partial charge < -0.3 is 14.4 Å². The van der Waals surface area contributed by atoms with Crippen LogP contribution in [-0.4, -0.2) is 49.9 Å². The minimum atomic E-state index is -0.553. The van der Waals surface area contributed by atoms with E-state index in [0.717, 1.165) is 6.42 Å². The molecule has 1 aliphatic rings. The number of amides is 1. The Bertz CT molecular complexity index is 892. The zero-order valence-electron chi connectivity index (χ0n) is 16.0. The van der Waals surface area contributed by atoms with E-state index in [4.69, 9.17) is 9.47 Å². The van der Waals surface area contributed by atoms with Crippen molar-refractivity contribution in [3.05, 3.63) is 65.2 Å². The summed E-state index contributed by atoms with van der Waals surface area (Å²) in [6.45, 7) is 0.856. The molecule has 0 bridgehead atoms. The summed E-state index contributed by atoms with van der Waals surface area (Å²) in [5, 5.41) is 0. The number of carbonyl (C=O) groups excluding carboxylic acids is 3. The van der Waals surface area contributed by atoms with Crippen LogP contribution >= 0.6 is 0 Å². The lowest BCUT2D eigenvalue weighted by molar-refractivity contribution is 0.0573. The van der Waals surface area contributed by atoms with E-state index in [9.17, 15) is 14.4 Å². The Balaban J connectivity index is 1.81. The van der Waals surface area contributed by atoms with Crippen molar-refractivity contribution in [2.45, 2.75) is 12.8 Å². The maximum atomic E-state index is 13.1. The van der Waals surface area contributed by atoms with Crippen LogP contribution in [0.5, 0.6) is 5.75 Å². The van der Waals surface area contributed by atoms with Crippen molar-refractivity contribution in [1.29, 1.82) is 0 Å².